The van der Waals surface area contributed by atoms with Gasteiger partial charge in [-0.2, -0.15) is 5.10 Å². The van der Waals surface area contributed by atoms with Crippen LogP contribution in [0.1, 0.15) is 31.9 Å². The predicted octanol–water partition coefficient (Wildman–Crippen LogP) is 3.62. The molecule has 0 atom stereocenters. The zero-order valence-electron chi connectivity index (χ0n) is 16.7. The van der Waals surface area contributed by atoms with E-state index in [1.807, 2.05) is 30.3 Å². The number of rotatable bonds is 8. The third-order valence-corrected chi connectivity index (χ3v) is 4.00. The van der Waals surface area contributed by atoms with Crippen LogP contribution < -0.4 is 25.4 Å². The molecule has 0 spiro atoms. The van der Waals surface area contributed by atoms with Crippen LogP contribution >= 0.6 is 12.2 Å². The van der Waals surface area contributed by atoms with E-state index in [1.54, 1.807) is 13.3 Å². The molecule has 2 rings (SSSR count). The summed E-state index contributed by atoms with van der Waals surface area (Å²) in [4.78, 5) is 0. The second-order valence-electron chi connectivity index (χ2n) is 7.12. The number of hydrazone groups is 1. The second kappa shape index (κ2) is 9.94. The molecule has 0 aliphatic rings. The Hall–Kier alpha value is -2.80. The van der Waals surface area contributed by atoms with Crippen molar-refractivity contribution in [3.05, 3.63) is 53.6 Å². The van der Waals surface area contributed by atoms with Gasteiger partial charge in [0.05, 0.1) is 13.3 Å². The van der Waals surface area contributed by atoms with E-state index in [1.165, 1.54) is 5.56 Å². The van der Waals surface area contributed by atoms with Gasteiger partial charge in [-0.05, 0) is 59.1 Å². The third kappa shape index (κ3) is 6.74. The van der Waals surface area contributed by atoms with E-state index < -0.39 is 0 Å². The monoisotopic (exact) mass is 401 g/mol. The first-order valence-electron chi connectivity index (χ1n) is 8.92. The van der Waals surface area contributed by atoms with Crippen molar-refractivity contribution >= 4 is 23.5 Å². The van der Waals surface area contributed by atoms with Crippen molar-refractivity contribution < 1.29 is 14.2 Å². The maximum atomic E-state index is 5.77. The average molecular weight is 402 g/mol. The summed E-state index contributed by atoms with van der Waals surface area (Å²) in [5, 5.41) is 4.03. The van der Waals surface area contributed by atoms with Gasteiger partial charge in [0.25, 0.3) is 0 Å². The van der Waals surface area contributed by atoms with Crippen LogP contribution in [0.25, 0.3) is 0 Å². The molecule has 2 aromatic carbocycles. The number of ether oxygens (including phenoxy) is 3. The summed E-state index contributed by atoms with van der Waals surface area (Å²) in [5.74, 6) is 2.06. The summed E-state index contributed by atoms with van der Waals surface area (Å²) in [7, 11) is 1.59. The van der Waals surface area contributed by atoms with Gasteiger partial charge in [0.1, 0.15) is 19.0 Å². The molecule has 0 radical (unpaired) electrons. The van der Waals surface area contributed by atoms with E-state index in [4.69, 9.17) is 32.2 Å². The molecular weight excluding hydrogens is 374 g/mol. The van der Waals surface area contributed by atoms with Crippen LogP contribution in [-0.2, 0) is 5.41 Å². The Labute approximate surface area is 171 Å². The minimum Gasteiger partial charge on any atom is -0.493 e. The molecule has 0 bridgehead atoms. The van der Waals surface area contributed by atoms with Crippen LogP contribution in [0.5, 0.6) is 17.2 Å². The maximum absolute atomic E-state index is 5.77. The van der Waals surface area contributed by atoms with Gasteiger partial charge in [0.2, 0.25) is 0 Å². The second-order valence-corrected chi connectivity index (χ2v) is 7.56. The highest BCUT2D eigenvalue weighted by Crippen LogP contribution is 2.28. The largest absolute Gasteiger partial charge is 0.493 e. The fourth-order valence-electron chi connectivity index (χ4n) is 2.42. The molecule has 0 aliphatic heterocycles. The first kappa shape index (κ1) is 21.5. The van der Waals surface area contributed by atoms with Crippen LogP contribution in [0.2, 0.25) is 0 Å². The number of nitrogens with one attached hydrogen (secondary N) is 1. The fourth-order valence-corrected chi connectivity index (χ4v) is 2.47. The van der Waals surface area contributed by atoms with E-state index in [9.17, 15) is 0 Å². The molecule has 0 heterocycles. The number of thiocarbonyl (C=S) groups is 1. The Kier molecular flexibility index (Phi) is 7.63. The topological polar surface area (TPSA) is 78.1 Å². The van der Waals surface area contributed by atoms with Crippen molar-refractivity contribution in [1.82, 2.24) is 5.43 Å². The molecule has 28 heavy (non-hydrogen) atoms. The number of benzene rings is 2. The standard InChI is InChI=1S/C21H27N3O3S/c1-21(2,3)16-6-8-17(9-7-16)26-11-12-27-18-10-5-15(13-19(18)25-4)14-23-24-20(22)28/h5-10,13-14H,11-12H2,1-4H3,(H3,22,24,28). The van der Waals surface area contributed by atoms with Crippen LogP contribution in [0.3, 0.4) is 0 Å². The Balaban J connectivity index is 1.86. The molecule has 0 aliphatic carbocycles. The molecule has 3 N–H and O–H groups in total. The van der Waals surface area contributed by atoms with Crippen molar-refractivity contribution in [3.63, 3.8) is 0 Å². The molecule has 150 valence electrons. The minimum absolute atomic E-state index is 0.108. The molecule has 7 heteroatoms. The number of nitrogens with two attached hydrogens (primary N) is 1. The molecule has 0 amide bonds. The Bertz CT molecular complexity index is 815. The van der Waals surface area contributed by atoms with Crippen LogP contribution in [0.4, 0.5) is 0 Å². The van der Waals surface area contributed by atoms with Gasteiger partial charge in [-0.25, -0.2) is 0 Å². The van der Waals surface area contributed by atoms with E-state index in [0.717, 1.165) is 11.3 Å². The van der Waals surface area contributed by atoms with E-state index >= 15 is 0 Å². The van der Waals surface area contributed by atoms with Crippen LogP contribution in [-0.4, -0.2) is 31.7 Å². The van der Waals surface area contributed by atoms with Gasteiger partial charge in [-0.3, -0.25) is 5.43 Å². The Morgan fingerprint density at radius 2 is 1.75 bits per heavy atom. The first-order chi connectivity index (χ1) is 13.3. The number of hydrogen-bond acceptors (Lipinski definition) is 5. The summed E-state index contributed by atoms with van der Waals surface area (Å²) in [6.45, 7) is 7.38. The van der Waals surface area contributed by atoms with Gasteiger partial charge in [-0.15, -0.1) is 0 Å². The average Bonchev–Trinajstić information content (AvgIpc) is 2.65. The molecule has 0 saturated heterocycles. The molecule has 0 aromatic heterocycles. The maximum Gasteiger partial charge on any atom is 0.184 e. The van der Waals surface area contributed by atoms with Gasteiger partial charge in [0, 0.05) is 0 Å². The van der Waals surface area contributed by atoms with Crippen molar-refractivity contribution in [2.45, 2.75) is 26.2 Å². The first-order valence-corrected chi connectivity index (χ1v) is 9.33. The van der Waals surface area contributed by atoms with Gasteiger partial charge in [-0.1, -0.05) is 32.9 Å². The Morgan fingerprint density at radius 3 is 2.36 bits per heavy atom. The lowest BCUT2D eigenvalue weighted by molar-refractivity contribution is 0.211. The predicted molar refractivity (Wildman–Crippen MR) is 117 cm³/mol. The van der Waals surface area contributed by atoms with Gasteiger partial charge in [0.15, 0.2) is 16.6 Å². The fraction of sp³-hybridized carbons (Fsp3) is 0.333. The van der Waals surface area contributed by atoms with Crippen molar-refractivity contribution in [2.75, 3.05) is 20.3 Å². The van der Waals surface area contributed by atoms with Gasteiger partial charge >= 0.3 is 0 Å². The van der Waals surface area contributed by atoms with Crippen LogP contribution in [0, 0.1) is 0 Å². The highest BCUT2D eigenvalue weighted by atomic mass is 32.1. The molecule has 2 aromatic rings. The smallest absolute Gasteiger partial charge is 0.184 e. The molecule has 6 nitrogen and oxygen atoms in total. The third-order valence-electron chi connectivity index (χ3n) is 3.91. The SMILES string of the molecule is COc1cc(C=NNC(N)=S)ccc1OCCOc1ccc(C(C)(C)C)cc1. The van der Waals surface area contributed by atoms with Crippen molar-refractivity contribution in [3.8, 4) is 17.2 Å². The molecular formula is C21H27N3O3S. The lowest BCUT2D eigenvalue weighted by atomic mass is 9.87. The zero-order chi connectivity index (χ0) is 20.6. The quantitative estimate of drug-likeness (QED) is 0.304. The van der Waals surface area contributed by atoms with Gasteiger partial charge < -0.3 is 19.9 Å². The summed E-state index contributed by atoms with van der Waals surface area (Å²) in [5.41, 5.74) is 10.0. The normalized spacial score (nSPS) is 11.3. The van der Waals surface area contributed by atoms with E-state index in [2.05, 4.69) is 43.4 Å². The van der Waals surface area contributed by atoms with E-state index in [0.29, 0.717) is 24.7 Å². The number of methoxy groups -OCH3 is 1. The highest BCUT2D eigenvalue weighted by molar-refractivity contribution is 7.80. The number of hydrogen-bond donors (Lipinski definition) is 2. The number of nitrogens with zero attached hydrogens (tertiary/aromatic N) is 1. The lowest BCUT2D eigenvalue weighted by Crippen LogP contribution is -2.23. The summed E-state index contributed by atoms with van der Waals surface area (Å²) >= 11 is 4.69. The molecule has 0 saturated carbocycles. The summed E-state index contributed by atoms with van der Waals surface area (Å²) in [6, 6.07) is 13.6. The summed E-state index contributed by atoms with van der Waals surface area (Å²) in [6.07, 6.45) is 1.59. The minimum atomic E-state index is 0.108. The lowest BCUT2D eigenvalue weighted by Gasteiger charge is -2.19. The van der Waals surface area contributed by atoms with Crippen LogP contribution in [0.15, 0.2) is 47.6 Å². The van der Waals surface area contributed by atoms with Crippen molar-refractivity contribution in [2.24, 2.45) is 10.8 Å². The molecule has 0 fully saturated rings. The van der Waals surface area contributed by atoms with E-state index in [-0.39, 0.29) is 10.5 Å². The highest BCUT2D eigenvalue weighted by Gasteiger charge is 2.13. The zero-order valence-corrected chi connectivity index (χ0v) is 17.5. The summed E-state index contributed by atoms with van der Waals surface area (Å²) < 4.78 is 16.9. The molecule has 0 unspecified atom stereocenters. The van der Waals surface area contributed by atoms with Crippen molar-refractivity contribution in [1.29, 1.82) is 0 Å². The Morgan fingerprint density at radius 1 is 1.07 bits per heavy atom.